The minimum Gasteiger partial charge on any atom is -0.333 e. The molecule has 4 rings (SSSR count). The number of benzene rings is 1. The summed E-state index contributed by atoms with van der Waals surface area (Å²) in [5, 5.41) is 6.33. The van der Waals surface area contributed by atoms with Crippen LogP contribution in [0, 0.1) is 17.8 Å². The van der Waals surface area contributed by atoms with Gasteiger partial charge in [-0.05, 0) is 92.6 Å². The number of carbonyl (C=O) groups is 2. The van der Waals surface area contributed by atoms with Gasteiger partial charge in [0.1, 0.15) is 0 Å². The van der Waals surface area contributed by atoms with Crippen LogP contribution in [0.1, 0.15) is 76.5 Å². The van der Waals surface area contributed by atoms with Crippen molar-refractivity contribution in [3.05, 3.63) is 29.3 Å². The first-order chi connectivity index (χ1) is 17.0. The van der Waals surface area contributed by atoms with Crippen molar-refractivity contribution in [3.8, 4) is 0 Å². The first-order valence-corrected chi connectivity index (χ1v) is 15.3. The number of nitrogens with zero attached hydrogens (tertiary/aromatic N) is 1. The van der Waals surface area contributed by atoms with Crippen molar-refractivity contribution in [1.82, 2.24) is 14.9 Å². The third kappa shape index (κ3) is 5.63. The van der Waals surface area contributed by atoms with Crippen LogP contribution in [0.5, 0.6) is 0 Å². The predicted molar refractivity (Wildman–Crippen MR) is 142 cm³/mol. The van der Waals surface area contributed by atoms with E-state index in [9.17, 15) is 18.0 Å². The molecule has 2 amide bonds. The summed E-state index contributed by atoms with van der Waals surface area (Å²) in [6.45, 7) is 8.13. The Kier molecular flexibility index (Phi) is 8.12. The summed E-state index contributed by atoms with van der Waals surface area (Å²) >= 11 is 0. The molecule has 1 aromatic rings. The second-order valence-corrected chi connectivity index (χ2v) is 13.2. The number of amides is 2. The van der Waals surface area contributed by atoms with E-state index in [0.29, 0.717) is 37.1 Å². The molecule has 9 heteroatoms. The Morgan fingerprint density at radius 3 is 2.42 bits per heavy atom. The number of piperidine rings is 1. The first-order valence-electron chi connectivity index (χ1n) is 13.4. The number of hydrogen-bond acceptors (Lipinski definition) is 5. The van der Waals surface area contributed by atoms with E-state index in [2.05, 4.69) is 41.3 Å². The van der Waals surface area contributed by atoms with Crippen LogP contribution in [-0.4, -0.2) is 57.6 Å². The van der Waals surface area contributed by atoms with Crippen molar-refractivity contribution in [3.63, 3.8) is 0 Å². The fourth-order valence-corrected chi connectivity index (χ4v) is 7.24. The molecule has 2 heterocycles. The van der Waals surface area contributed by atoms with Crippen LogP contribution in [0.3, 0.4) is 0 Å². The van der Waals surface area contributed by atoms with Gasteiger partial charge in [-0.25, -0.2) is 13.1 Å². The third-order valence-corrected chi connectivity index (χ3v) is 9.32. The van der Waals surface area contributed by atoms with Crippen molar-refractivity contribution >= 4 is 27.5 Å². The number of rotatable bonds is 7. The molecule has 0 radical (unpaired) electrons. The van der Waals surface area contributed by atoms with E-state index < -0.39 is 15.4 Å². The molecule has 3 aliphatic rings. The van der Waals surface area contributed by atoms with Gasteiger partial charge in [-0.2, -0.15) is 0 Å². The Balaban J connectivity index is 1.78. The number of sulfonamides is 1. The van der Waals surface area contributed by atoms with E-state index in [0.717, 1.165) is 61.8 Å². The summed E-state index contributed by atoms with van der Waals surface area (Å²) in [4.78, 5) is 28.2. The van der Waals surface area contributed by atoms with Crippen molar-refractivity contribution in [2.24, 2.45) is 17.8 Å². The second-order valence-electron chi connectivity index (χ2n) is 11.3. The highest BCUT2D eigenvalue weighted by Gasteiger charge is 2.52. The van der Waals surface area contributed by atoms with Gasteiger partial charge in [0, 0.05) is 25.7 Å². The van der Waals surface area contributed by atoms with Crippen molar-refractivity contribution in [2.45, 2.75) is 70.8 Å². The quantitative estimate of drug-likeness (QED) is 0.514. The number of carbonyl (C=O) groups excluding carboxylic acids is 2. The molecule has 36 heavy (non-hydrogen) atoms. The summed E-state index contributed by atoms with van der Waals surface area (Å²) < 4.78 is 26.2. The van der Waals surface area contributed by atoms with Crippen LogP contribution < -0.4 is 15.4 Å². The molecule has 1 atom stereocenters. The summed E-state index contributed by atoms with van der Waals surface area (Å²) in [5.74, 6) is 1.64. The lowest BCUT2D eigenvalue weighted by Gasteiger charge is -2.52. The van der Waals surface area contributed by atoms with Crippen molar-refractivity contribution in [1.29, 1.82) is 0 Å². The molecule has 2 aliphatic heterocycles. The number of fused-ring (bicyclic) bond motifs is 2. The molecule has 3 N–H and O–H groups in total. The predicted octanol–water partition coefficient (Wildman–Crippen LogP) is 3.16. The van der Waals surface area contributed by atoms with Gasteiger partial charge < -0.3 is 15.5 Å². The Morgan fingerprint density at radius 1 is 1.17 bits per heavy atom. The van der Waals surface area contributed by atoms with E-state index >= 15 is 0 Å². The average Bonchev–Trinajstić information content (AvgIpc) is 2.82. The highest BCUT2D eigenvalue weighted by Crippen LogP contribution is 2.51. The molecule has 0 bridgehead atoms. The fourth-order valence-electron chi connectivity index (χ4n) is 6.77. The lowest BCUT2D eigenvalue weighted by atomic mass is 9.63. The molecule has 1 saturated carbocycles. The van der Waals surface area contributed by atoms with Gasteiger partial charge in [0.05, 0.1) is 17.7 Å². The van der Waals surface area contributed by atoms with E-state index in [1.165, 1.54) is 6.92 Å². The fraction of sp³-hybridized carbons (Fsp3) is 0.704. The van der Waals surface area contributed by atoms with Gasteiger partial charge in [0.15, 0.2) is 0 Å². The van der Waals surface area contributed by atoms with Crippen LogP contribution in [-0.2, 0) is 25.0 Å². The van der Waals surface area contributed by atoms with Gasteiger partial charge in [0.25, 0.3) is 0 Å². The molecule has 1 saturated heterocycles. The maximum Gasteiger partial charge on any atom is 0.233 e. The second kappa shape index (κ2) is 10.8. The zero-order chi connectivity index (χ0) is 26.1. The third-order valence-electron chi connectivity index (χ3n) is 8.59. The molecule has 1 spiro atoms. The Labute approximate surface area is 216 Å². The smallest absolute Gasteiger partial charge is 0.233 e. The topological polar surface area (TPSA) is 108 Å². The minimum atomic E-state index is -3.36. The van der Waals surface area contributed by atoms with Crippen LogP contribution in [0.15, 0.2) is 18.2 Å². The highest BCUT2D eigenvalue weighted by atomic mass is 32.2. The van der Waals surface area contributed by atoms with Gasteiger partial charge in [-0.15, -0.1) is 0 Å². The normalized spacial score (nSPS) is 26.2. The summed E-state index contributed by atoms with van der Waals surface area (Å²) in [7, 11) is -3.36. The summed E-state index contributed by atoms with van der Waals surface area (Å²) in [6, 6.07) is 5.92. The standard InChI is InChI=1S/C27H42N4O4S/c1-18(2)20-5-7-21(8-6-20)25-23-17-22(30-19(3)32)9-10-24(23)27(11-13-28-14-12-27)26(33)31(25)16-15-29-36(4,34)35/h9-10,17-18,20-21,25,28-29H,5-8,11-16H2,1-4H3,(H,30,32). The van der Waals surface area contributed by atoms with E-state index in [1.54, 1.807) is 0 Å². The van der Waals surface area contributed by atoms with Crippen molar-refractivity contribution < 1.29 is 18.0 Å². The van der Waals surface area contributed by atoms with Crippen LogP contribution in [0.4, 0.5) is 5.69 Å². The largest absolute Gasteiger partial charge is 0.333 e. The highest BCUT2D eigenvalue weighted by molar-refractivity contribution is 7.88. The van der Waals surface area contributed by atoms with Crippen LogP contribution in [0.25, 0.3) is 0 Å². The monoisotopic (exact) mass is 518 g/mol. The number of hydrogen-bond donors (Lipinski definition) is 3. The Morgan fingerprint density at radius 2 is 1.83 bits per heavy atom. The molecule has 1 aliphatic carbocycles. The Bertz CT molecular complexity index is 1070. The lowest BCUT2D eigenvalue weighted by molar-refractivity contribution is -0.145. The lowest BCUT2D eigenvalue weighted by Crippen LogP contribution is -2.59. The molecule has 1 aromatic carbocycles. The maximum absolute atomic E-state index is 14.4. The van der Waals surface area contributed by atoms with E-state index in [4.69, 9.17) is 0 Å². The molecule has 2 fully saturated rings. The zero-order valence-corrected chi connectivity index (χ0v) is 22.9. The van der Waals surface area contributed by atoms with E-state index in [-0.39, 0.29) is 24.4 Å². The molecule has 1 unspecified atom stereocenters. The Hall–Kier alpha value is -1.97. The SMILES string of the molecule is CC(=O)Nc1ccc2c(c1)C(C1CCC(C(C)C)CC1)N(CCNS(C)(=O)=O)C(=O)C21CCNCC1. The molecule has 200 valence electrons. The number of nitrogens with one attached hydrogen (secondary N) is 3. The molecular weight excluding hydrogens is 476 g/mol. The summed E-state index contributed by atoms with van der Waals surface area (Å²) in [5.41, 5.74) is 2.34. The summed E-state index contributed by atoms with van der Waals surface area (Å²) in [6.07, 6.45) is 6.92. The van der Waals surface area contributed by atoms with Crippen molar-refractivity contribution in [2.75, 3.05) is 37.8 Å². The van der Waals surface area contributed by atoms with Gasteiger partial charge in [-0.1, -0.05) is 19.9 Å². The van der Waals surface area contributed by atoms with Crippen LogP contribution in [0.2, 0.25) is 0 Å². The zero-order valence-electron chi connectivity index (χ0n) is 22.1. The first kappa shape index (κ1) is 27.1. The molecule has 8 nitrogen and oxygen atoms in total. The maximum atomic E-state index is 14.4. The average molecular weight is 519 g/mol. The number of anilines is 1. The van der Waals surface area contributed by atoms with Gasteiger partial charge in [-0.3, -0.25) is 9.59 Å². The minimum absolute atomic E-state index is 0.120. The van der Waals surface area contributed by atoms with E-state index in [1.807, 2.05) is 11.0 Å². The molecule has 0 aromatic heterocycles. The van der Waals surface area contributed by atoms with Crippen LogP contribution >= 0.6 is 0 Å². The van der Waals surface area contributed by atoms with Gasteiger partial charge >= 0.3 is 0 Å². The molecular formula is C27H42N4O4S. The van der Waals surface area contributed by atoms with Gasteiger partial charge in [0.2, 0.25) is 21.8 Å².